The molecule has 8 nitrogen and oxygen atoms in total. The van der Waals surface area contributed by atoms with E-state index in [1.165, 1.54) is 25.0 Å². The highest BCUT2D eigenvalue weighted by atomic mass is 32.2. The molecule has 38 heavy (non-hydrogen) atoms. The molecule has 2 N–H and O–H groups in total. The van der Waals surface area contributed by atoms with E-state index in [4.69, 9.17) is 0 Å². The van der Waals surface area contributed by atoms with E-state index in [9.17, 15) is 23.3 Å². The molecule has 206 valence electrons. The lowest BCUT2D eigenvalue weighted by Crippen LogP contribution is -2.30. The van der Waals surface area contributed by atoms with Gasteiger partial charge in [0.2, 0.25) is 0 Å². The maximum absolute atomic E-state index is 12.9. The predicted molar refractivity (Wildman–Crippen MR) is 149 cm³/mol. The summed E-state index contributed by atoms with van der Waals surface area (Å²) in [7, 11) is -4.30. The van der Waals surface area contributed by atoms with E-state index in [-0.39, 0.29) is 22.2 Å². The molecule has 0 heterocycles. The first-order chi connectivity index (χ1) is 17.9. The summed E-state index contributed by atoms with van der Waals surface area (Å²) in [4.78, 5) is 23.6. The molecule has 0 aromatic heterocycles. The molecule has 0 atom stereocenters. The normalized spacial score (nSPS) is 21.0. The number of anilines is 1. The SMILES string of the molecule is CC(C)(C)C1CCC(c2ccc(C(=O)NS(=O)(=O)c3ccc(NC4CCCCC4)c([N+](=O)[O-])c3)cc2)CC1. The number of benzene rings is 2. The minimum Gasteiger partial charge on any atom is -0.377 e. The third-order valence-electron chi connectivity index (χ3n) is 8.26. The Balaban J connectivity index is 1.42. The smallest absolute Gasteiger partial charge is 0.293 e. The van der Waals surface area contributed by atoms with Gasteiger partial charge in [-0.25, -0.2) is 13.1 Å². The van der Waals surface area contributed by atoms with Gasteiger partial charge in [-0.3, -0.25) is 14.9 Å². The number of rotatable bonds is 7. The zero-order valence-corrected chi connectivity index (χ0v) is 23.4. The van der Waals surface area contributed by atoms with Gasteiger partial charge in [0.15, 0.2) is 0 Å². The number of nitrogens with zero attached hydrogens (tertiary/aromatic N) is 1. The van der Waals surface area contributed by atoms with Gasteiger partial charge < -0.3 is 5.32 Å². The number of nitro groups is 1. The van der Waals surface area contributed by atoms with Crippen molar-refractivity contribution in [2.24, 2.45) is 11.3 Å². The minimum atomic E-state index is -4.30. The van der Waals surface area contributed by atoms with Gasteiger partial charge in [-0.15, -0.1) is 0 Å². The van der Waals surface area contributed by atoms with E-state index in [0.29, 0.717) is 22.9 Å². The van der Waals surface area contributed by atoms with E-state index in [0.717, 1.165) is 56.6 Å². The van der Waals surface area contributed by atoms with Gasteiger partial charge in [-0.1, -0.05) is 52.2 Å². The molecule has 2 aliphatic rings. The Labute approximate surface area is 225 Å². The molecule has 4 rings (SSSR count). The Hall–Kier alpha value is -2.94. The van der Waals surface area contributed by atoms with Crippen LogP contribution in [0.15, 0.2) is 47.4 Å². The van der Waals surface area contributed by atoms with Gasteiger partial charge in [-0.2, -0.15) is 0 Å². The first kappa shape index (κ1) is 28.1. The molecule has 0 spiro atoms. The highest BCUT2D eigenvalue weighted by Gasteiger charge is 2.30. The fourth-order valence-corrected chi connectivity index (χ4v) is 6.85. The third kappa shape index (κ3) is 6.73. The molecule has 9 heteroatoms. The number of hydrogen-bond donors (Lipinski definition) is 2. The van der Waals surface area contributed by atoms with Crippen LogP contribution in [0.4, 0.5) is 11.4 Å². The van der Waals surface area contributed by atoms with Crippen molar-refractivity contribution in [3.8, 4) is 0 Å². The summed E-state index contributed by atoms with van der Waals surface area (Å²) < 4.78 is 28.0. The van der Waals surface area contributed by atoms with Crippen molar-refractivity contribution in [1.82, 2.24) is 4.72 Å². The topological polar surface area (TPSA) is 118 Å². The zero-order valence-electron chi connectivity index (χ0n) is 22.5. The van der Waals surface area contributed by atoms with Crippen LogP contribution in [0.2, 0.25) is 0 Å². The highest BCUT2D eigenvalue weighted by molar-refractivity contribution is 7.90. The number of amides is 1. The van der Waals surface area contributed by atoms with Gasteiger partial charge in [0.05, 0.1) is 9.82 Å². The van der Waals surface area contributed by atoms with E-state index >= 15 is 0 Å². The van der Waals surface area contributed by atoms with Crippen molar-refractivity contribution in [3.63, 3.8) is 0 Å². The second-order valence-electron chi connectivity index (χ2n) is 11.9. The van der Waals surface area contributed by atoms with Gasteiger partial charge in [0, 0.05) is 17.7 Å². The van der Waals surface area contributed by atoms with Crippen LogP contribution in [0.5, 0.6) is 0 Å². The number of carbonyl (C=O) groups is 1. The maximum atomic E-state index is 12.9. The van der Waals surface area contributed by atoms with E-state index in [1.54, 1.807) is 12.1 Å². The monoisotopic (exact) mass is 541 g/mol. The van der Waals surface area contributed by atoms with Crippen LogP contribution in [-0.2, 0) is 10.0 Å². The molecule has 0 bridgehead atoms. The van der Waals surface area contributed by atoms with E-state index < -0.39 is 20.9 Å². The van der Waals surface area contributed by atoms with Crippen LogP contribution in [0.25, 0.3) is 0 Å². The molecule has 1 amide bonds. The van der Waals surface area contributed by atoms with Crippen LogP contribution < -0.4 is 10.0 Å². The zero-order chi connectivity index (χ0) is 27.5. The van der Waals surface area contributed by atoms with Crippen LogP contribution in [-0.4, -0.2) is 25.3 Å². The molecule has 2 aliphatic carbocycles. The summed E-state index contributed by atoms with van der Waals surface area (Å²) in [5.74, 6) is 0.387. The lowest BCUT2D eigenvalue weighted by atomic mass is 9.68. The summed E-state index contributed by atoms with van der Waals surface area (Å²) in [5.41, 5.74) is 1.67. The number of nitro benzene ring substituents is 1. The molecule has 2 aromatic rings. The molecule has 0 unspecified atom stereocenters. The van der Waals surface area contributed by atoms with Crippen LogP contribution in [0.3, 0.4) is 0 Å². The summed E-state index contributed by atoms with van der Waals surface area (Å²) in [6.07, 6.45) is 9.67. The van der Waals surface area contributed by atoms with E-state index in [2.05, 4.69) is 30.8 Å². The Kier molecular flexibility index (Phi) is 8.45. The third-order valence-corrected chi connectivity index (χ3v) is 9.59. The van der Waals surface area contributed by atoms with Crippen molar-refractivity contribution < 1.29 is 18.1 Å². The van der Waals surface area contributed by atoms with Crippen molar-refractivity contribution in [2.75, 3.05) is 5.32 Å². The quantitative estimate of drug-likeness (QED) is 0.295. The van der Waals surface area contributed by atoms with Crippen molar-refractivity contribution in [3.05, 3.63) is 63.7 Å². The molecule has 2 aromatic carbocycles. The second-order valence-corrected chi connectivity index (χ2v) is 13.6. The van der Waals surface area contributed by atoms with Crippen LogP contribution >= 0.6 is 0 Å². The van der Waals surface area contributed by atoms with Crippen LogP contribution in [0.1, 0.15) is 100 Å². The molecule has 0 aliphatic heterocycles. The fraction of sp³-hybridized carbons (Fsp3) is 0.552. The van der Waals surface area contributed by atoms with Crippen molar-refractivity contribution in [1.29, 1.82) is 0 Å². The lowest BCUT2D eigenvalue weighted by molar-refractivity contribution is -0.384. The first-order valence-corrected chi connectivity index (χ1v) is 15.1. The average Bonchev–Trinajstić information content (AvgIpc) is 2.88. The summed E-state index contributed by atoms with van der Waals surface area (Å²) in [6.45, 7) is 6.88. The molecular weight excluding hydrogens is 502 g/mol. The Morgan fingerprint density at radius 2 is 1.55 bits per heavy atom. The molecule has 0 saturated heterocycles. The van der Waals surface area contributed by atoms with Gasteiger partial charge in [0.1, 0.15) is 5.69 Å². The number of nitrogens with one attached hydrogen (secondary N) is 2. The molecule has 0 radical (unpaired) electrons. The van der Waals surface area contributed by atoms with Crippen LogP contribution in [0, 0.1) is 21.4 Å². The predicted octanol–water partition coefficient (Wildman–Crippen LogP) is 6.78. The van der Waals surface area contributed by atoms with E-state index in [1.807, 2.05) is 12.1 Å². The largest absolute Gasteiger partial charge is 0.377 e. The molecular formula is C29H39N3O5S. The number of sulfonamides is 1. The first-order valence-electron chi connectivity index (χ1n) is 13.7. The van der Waals surface area contributed by atoms with Crippen molar-refractivity contribution >= 4 is 27.3 Å². The fourth-order valence-electron chi connectivity index (χ4n) is 5.86. The number of carbonyl (C=O) groups excluding carboxylic acids is 1. The van der Waals surface area contributed by atoms with Gasteiger partial charge in [0.25, 0.3) is 21.6 Å². The van der Waals surface area contributed by atoms with Gasteiger partial charge in [-0.05, 0) is 85.6 Å². The number of hydrogen-bond acceptors (Lipinski definition) is 6. The Bertz CT molecular complexity index is 1250. The second kappa shape index (κ2) is 11.4. The van der Waals surface area contributed by atoms with Crippen molar-refractivity contribution in [2.45, 2.75) is 95.4 Å². The molecule has 2 saturated carbocycles. The maximum Gasteiger partial charge on any atom is 0.293 e. The molecule has 2 fully saturated rings. The Morgan fingerprint density at radius 1 is 0.921 bits per heavy atom. The summed E-state index contributed by atoms with van der Waals surface area (Å²) >= 11 is 0. The standard InChI is InChI=1S/C29H39N3O5S/c1-29(2,3)23-15-13-21(14-16-23)20-9-11-22(12-10-20)28(33)31-38(36,37)25-17-18-26(27(19-25)32(34)35)30-24-7-5-4-6-8-24/h9-12,17-19,21,23-24,30H,4-8,13-16H2,1-3H3,(H,31,33). The summed E-state index contributed by atoms with van der Waals surface area (Å²) in [6, 6.07) is 10.9. The minimum absolute atomic E-state index is 0.126. The highest BCUT2D eigenvalue weighted by Crippen LogP contribution is 2.43. The summed E-state index contributed by atoms with van der Waals surface area (Å²) in [5, 5.41) is 14.9. The van der Waals surface area contributed by atoms with Gasteiger partial charge >= 0.3 is 0 Å². The average molecular weight is 542 g/mol. The Morgan fingerprint density at radius 3 is 2.13 bits per heavy atom. The lowest BCUT2D eigenvalue weighted by Gasteiger charge is -2.37.